The van der Waals surface area contributed by atoms with Crippen molar-refractivity contribution in [1.82, 2.24) is 30.4 Å². The number of nitrogens with one attached hydrogen (secondary N) is 2. The molecule has 0 aliphatic rings. The molecule has 2 aromatic heterocycles. The first-order chi connectivity index (χ1) is 10.7. The molecule has 10 heteroatoms. The molecule has 3 aromatic rings. The van der Waals surface area contributed by atoms with Crippen molar-refractivity contribution in [3.63, 3.8) is 0 Å². The minimum atomic E-state index is -0.632. The molecule has 22 heavy (non-hydrogen) atoms. The highest BCUT2D eigenvalue weighted by Crippen LogP contribution is 2.10. The summed E-state index contributed by atoms with van der Waals surface area (Å²) < 4.78 is 9.84. The van der Waals surface area contributed by atoms with Crippen LogP contribution in [0.4, 0.5) is 0 Å². The number of aromatic nitrogens is 6. The molecular formula is C12H8N6O4. The Bertz CT molecular complexity index is 699. The Labute approximate surface area is 122 Å². The van der Waals surface area contributed by atoms with Gasteiger partial charge >= 0.3 is 24.0 Å². The van der Waals surface area contributed by atoms with Crippen molar-refractivity contribution in [2.45, 2.75) is 0 Å². The summed E-state index contributed by atoms with van der Waals surface area (Å²) in [5.74, 6) is -1.26. The second-order valence-electron chi connectivity index (χ2n) is 3.94. The van der Waals surface area contributed by atoms with Crippen molar-refractivity contribution < 1.29 is 19.1 Å². The summed E-state index contributed by atoms with van der Waals surface area (Å²) in [5.41, 5.74) is 0.486. The fourth-order valence-electron chi connectivity index (χ4n) is 1.52. The predicted octanol–water partition coefficient (Wildman–Crippen LogP) is 0.361. The third-order valence-electron chi connectivity index (χ3n) is 2.52. The van der Waals surface area contributed by atoms with Gasteiger partial charge in [-0.05, 0) is 24.3 Å². The molecule has 0 aliphatic carbocycles. The lowest BCUT2D eigenvalue weighted by molar-refractivity contribution is 0.0705. The molecule has 0 amide bonds. The molecule has 0 atom stereocenters. The summed E-state index contributed by atoms with van der Waals surface area (Å²) in [6.45, 7) is 0. The second kappa shape index (κ2) is 5.83. The summed E-state index contributed by atoms with van der Waals surface area (Å²) in [4.78, 5) is 30.9. The van der Waals surface area contributed by atoms with E-state index in [9.17, 15) is 9.59 Å². The molecule has 3 rings (SSSR count). The Hall–Kier alpha value is -3.56. The van der Waals surface area contributed by atoms with E-state index < -0.39 is 11.9 Å². The number of carbonyl (C=O) groups excluding carboxylic acids is 2. The molecule has 1 aromatic carbocycles. The molecule has 0 fully saturated rings. The number of hydrogen-bond acceptors (Lipinski definition) is 8. The van der Waals surface area contributed by atoms with E-state index in [1.165, 1.54) is 36.9 Å². The number of nitrogens with zero attached hydrogens (tertiary/aromatic N) is 4. The van der Waals surface area contributed by atoms with E-state index in [0.717, 1.165) is 0 Å². The van der Waals surface area contributed by atoms with Crippen LogP contribution in [-0.4, -0.2) is 42.3 Å². The molecule has 0 radical (unpaired) electrons. The van der Waals surface area contributed by atoms with Crippen LogP contribution in [-0.2, 0) is 0 Å². The van der Waals surface area contributed by atoms with Crippen LogP contribution in [0.25, 0.3) is 0 Å². The lowest BCUT2D eigenvalue weighted by Gasteiger charge is -2.03. The number of esters is 2. The highest BCUT2D eigenvalue weighted by atomic mass is 16.6. The number of hydrogen-bond donors (Lipinski definition) is 2. The smallest absolute Gasteiger partial charge is 0.345 e. The Kier molecular flexibility index (Phi) is 3.56. The minimum Gasteiger partial charge on any atom is -0.387 e. The van der Waals surface area contributed by atoms with E-state index in [2.05, 4.69) is 30.4 Å². The van der Waals surface area contributed by atoms with Gasteiger partial charge in [-0.25, -0.2) is 19.8 Å². The fraction of sp³-hybridized carbons (Fsp3) is 0. The Morgan fingerprint density at radius 2 is 1.18 bits per heavy atom. The van der Waals surface area contributed by atoms with E-state index >= 15 is 0 Å². The predicted molar refractivity (Wildman–Crippen MR) is 69.1 cm³/mol. The number of ether oxygens (including phenoxy) is 2. The SMILES string of the molecule is O=C(Oc1ncn[nH]1)c1ccc(C(=O)Oc2ncn[nH]2)cc1. The zero-order chi connectivity index (χ0) is 15.4. The maximum Gasteiger partial charge on any atom is 0.345 e. The summed E-state index contributed by atoms with van der Waals surface area (Å²) in [6.07, 6.45) is 2.43. The van der Waals surface area contributed by atoms with Crippen molar-refractivity contribution in [2.75, 3.05) is 0 Å². The van der Waals surface area contributed by atoms with Crippen LogP contribution in [0.2, 0.25) is 0 Å². The maximum atomic E-state index is 11.8. The van der Waals surface area contributed by atoms with Gasteiger partial charge in [0.2, 0.25) is 0 Å². The first kappa shape index (κ1) is 13.4. The van der Waals surface area contributed by atoms with Crippen LogP contribution in [0.15, 0.2) is 36.9 Å². The highest BCUT2D eigenvalue weighted by Gasteiger charge is 2.14. The van der Waals surface area contributed by atoms with Gasteiger partial charge in [-0.2, -0.15) is 20.2 Å². The molecule has 0 aliphatic heterocycles. The largest absolute Gasteiger partial charge is 0.387 e. The molecule has 0 bridgehead atoms. The number of carbonyl (C=O) groups is 2. The highest BCUT2D eigenvalue weighted by molar-refractivity contribution is 5.94. The lowest BCUT2D eigenvalue weighted by Crippen LogP contribution is -2.12. The first-order valence-electron chi connectivity index (χ1n) is 5.97. The van der Waals surface area contributed by atoms with Crippen LogP contribution in [0.5, 0.6) is 12.0 Å². The van der Waals surface area contributed by atoms with Gasteiger partial charge < -0.3 is 9.47 Å². The number of H-pyrrole nitrogens is 2. The van der Waals surface area contributed by atoms with Crippen LogP contribution in [0.1, 0.15) is 20.7 Å². The summed E-state index contributed by atoms with van der Waals surface area (Å²) in [5, 5.41) is 11.9. The van der Waals surface area contributed by atoms with Gasteiger partial charge in [0.1, 0.15) is 12.7 Å². The quantitative estimate of drug-likeness (QED) is 0.659. The molecule has 2 heterocycles. The molecule has 10 nitrogen and oxygen atoms in total. The van der Waals surface area contributed by atoms with Gasteiger partial charge in [0.15, 0.2) is 0 Å². The molecular weight excluding hydrogens is 292 g/mol. The van der Waals surface area contributed by atoms with Crippen molar-refractivity contribution in [2.24, 2.45) is 0 Å². The van der Waals surface area contributed by atoms with Crippen LogP contribution < -0.4 is 9.47 Å². The molecule has 2 N–H and O–H groups in total. The van der Waals surface area contributed by atoms with E-state index in [-0.39, 0.29) is 23.1 Å². The zero-order valence-electron chi connectivity index (χ0n) is 10.9. The van der Waals surface area contributed by atoms with E-state index in [1.54, 1.807) is 0 Å². The average Bonchev–Trinajstić information content (AvgIpc) is 3.21. The molecule has 0 unspecified atom stereocenters. The molecule has 0 spiro atoms. The van der Waals surface area contributed by atoms with E-state index in [1.807, 2.05) is 0 Å². The Morgan fingerprint density at radius 3 is 1.50 bits per heavy atom. The fourth-order valence-corrected chi connectivity index (χ4v) is 1.52. The van der Waals surface area contributed by atoms with Crippen molar-refractivity contribution in [3.05, 3.63) is 48.0 Å². The number of aromatic amines is 2. The van der Waals surface area contributed by atoms with Gasteiger partial charge in [0.25, 0.3) is 0 Å². The third-order valence-corrected chi connectivity index (χ3v) is 2.52. The monoisotopic (exact) mass is 300 g/mol. The van der Waals surface area contributed by atoms with E-state index in [4.69, 9.17) is 9.47 Å². The van der Waals surface area contributed by atoms with Gasteiger partial charge in [0, 0.05) is 0 Å². The van der Waals surface area contributed by atoms with Crippen LogP contribution in [0, 0.1) is 0 Å². The third kappa shape index (κ3) is 2.95. The maximum absolute atomic E-state index is 11.8. The van der Waals surface area contributed by atoms with Crippen LogP contribution in [0.3, 0.4) is 0 Å². The summed E-state index contributed by atoms with van der Waals surface area (Å²) >= 11 is 0. The van der Waals surface area contributed by atoms with Crippen molar-refractivity contribution in [1.29, 1.82) is 0 Å². The number of rotatable bonds is 4. The average molecular weight is 300 g/mol. The summed E-state index contributed by atoms with van der Waals surface area (Å²) in [6, 6.07) is 5.68. The van der Waals surface area contributed by atoms with Gasteiger partial charge in [-0.3, -0.25) is 0 Å². The van der Waals surface area contributed by atoms with Crippen LogP contribution >= 0.6 is 0 Å². The topological polar surface area (TPSA) is 136 Å². The molecule has 0 saturated carbocycles. The lowest BCUT2D eigenvalue weighted by atomic mass is 10.1. The Balaban J connectivity index is 1.67. The van der Waals surface area contributed by atoms with Gasteiger partial charge in [0.05, 0.1) is 11.1 Å². The molecule has 0 saturated heterocycles. The second-order valence-corrected chi connectivity index (χ2v) is 3.94. The standard InChI is InChI=1S/C12H8N6O4/c19-9(21-11-13-5-15-17-11)7-1-2-8(4-3-7)10(20)22-12-14-6-16-18-12/h1-6H,(H,13,15,17)(H,14,16,18). The van der Waals surface area contributed by atoms with Gasteiger partial charge in [-0.1, -0.05) is 0 Å². The first-order valence-corrected chi connectivity index (χ1v) is 5.97. The summed E-state index contributed by atoms with van der Waals surface area (Å²) in [7, 11) is 0. The van der Waals surface area contributed by atoms with E-state index in [0.29, 0.717) is 0 Å². The van der Waals surface area contributed by atoms with Gasteiger partial charge in [-0.15, -0.1) is 0 Å². The Morgan fingerprint density at radius 1 is 0.773 bits per heavy atom. The van der Waals surface area contributed by atoms with Crippen molar-refractivity contribution in [3.8, 4) is 12.0 Å². The molecule has 110 valence electrons. The minimum absolute atomic E-state index is 0.0150. The van der Waals surface area contributed by atoms with Crippen molar-refractivity contribution >= 4 is 11.9 Å². The normalized spacial score (nSPS) is 10.2. The zero-order valence-corrected chi connectivity index (χ0v) is 10.9. The number of benzene rings is 1.